The van der Waals surface area contributed by atoms with E-state index in [1.54, 1.807) is 6.20 Å². The van der Waals surface area contributed by atoms with Crippen molar-refractivity contribution in [2.75, 3.05) is 23.3 Å². The summed E-state index contributed by atoms with van der Waals surface area (Å²) in [5, 5.41) is 3.65. The maximum absolute atomic E-state index is 13.5. The van der Waals surface area contributed by atoms with Gasteiger partial charge in [0.15, 0.2) is 5.13 Å². The number of pyridine rings is 1. The molecule has 6 rings (SSSR count). The first-order valence-corrected chi connectivity index (χ1v) is 15.2. The predicted molar refractivity (Wildman–Crippen MR) is 170 cm³/mol. The Kier molecular flexibility index (Phi) is 7.58. The van der Waals surface area contributed by atoms with Crippen molar-refractivity contribution in [1.29, 1.82) is 0 Å². The summed E-state index contributed by atoms with van der Waals surface area (Å²) in [7, 11) is 0. The highest BCUT2D eigenvalue weighted by Gasteiger charge is 2.25. The molecule has 2 aliphatic rings. The van der Waals surface area contributed by atoms with Crippen LogP contribution in [0.5, 0.6) is 0 Å². The minimum Gasteiger partial charge on any atom is -0.404 e. The Morgan fingerprint density at radius 3 is 2.71 bits per heavy atom. The number of carbonyl (C=O) groups is 1. The third kappa shape index (κ3) is 5.75. The van der Waals surface area contributed by atoms with Gasteiger partial charge in [-0.3, -0.25) is 15.1 Å². The van der Waals surface area contributed by atoms with Gasteiger partial charge in [-0.1, -0.05) is 49.4 Å². The predicted octanol–water partition coefficient (Wildman–Crippen LogP) is 6.80. The number of allylic oxidation sites excluding steroid dienone is 1. The molecule has 7 nitrogen and oxygen atoms in total. The Hall–Kier alpha value is -4.04. The van der Waals surface area contributed by atoms with Gasteiger partial charge in [-0.25, -0.2) is 9.97 Å². The zero-order valence-corrected chi connectivity index (χ0v) is 24.7. The summed E-state index contributed by atoms with van der Waals surface area (Å²) in [6.45, 7) is 8.69. The summed E-state index contributed by atoms with van der Waals surface area (Å²) in [5.41, 5.74) is 13.9. The molecule has 8 heteroatoms. The first-order valence-electron chi connectivity index (χ1n) is 14.4. The fraction of sp³-hybridized carbons (Fsp3) is 0.333. The molecule has 4 aromatic rings. The van der Waals surface area contributed by atoms with Gasteiger partial charge in [-0.15, -0.1) is 0 Å². The van der Waals surface area contributed by atoms with Crippen LogP contribution in [0.3, 0.4) is 0 Å². The van der Waals surface area contributed by atoms with Crippen LogP contribution < -0.4 is 16.0 Å². The Labute approximate surface area is 245 Å². The molecular weight excluding hydrogens is 528 g/mol. The number of nitrogens with zero attached hydrogens (tertiary/aromatic N) is 4. The number of anilines is 2. The molecule has 0 radical (unpaired) electrons. The number of nitrogens with one attached hydrogen (secondary N) is 1. The number of thiazole rings is 1. The molecule has 3 heterocycles. The van der Waals surface area contributed by atoms with E-state index in [4.69, 9.17) is 15.7 Å². The summed E-state index contributed by atoms with van der Waals surface area (Å²) in [6.07, 6.45) is 5.06. The van der Waals surface area contributed by atoms with Gasteiger partial charge in [0.2, 0.25) is 0 Å². The fourth-order valence-electron chi connectivity index (χ4n) is 5.44. The molecule has 0 atom stereocenters. The third-order valence-electron chi connectivity index (χ3n) is 7.94. The molecule has 0 unspecified atom stereocenters. The van der Waals surface area contributed by atoms with Crippen LogP contribution >= 0.6 is 11.3 Å². The van der Waals surface area contributed by atoms with Crippen molar-refractivity contribution < 1.29 is 4.79 Å². The summed E-state index contributed by atoms with van der Waals surface area (Å²) in [4.78, 5) is 30.3. The highest BCUT2D eigenvalue weighted by Crippen LogP contribution is 2.33. The van der Waals surface area contributed by atoms with Crippen molar-refractivity contribution in [2.24, 2.45) is 16.6 Å². The third-order valence-corrected chi connectivity index (χ3v) is 8.89. The van der Waals surface area contributed by atoms with Gasteiger partial charge in [-0.05, 0) is 79.5 Å². The van der Waals surface area contributed by atoms with Gasteiger partial charge < -0.3 is 10.6 Å². The SMILES string of the molecule is CC(=NCC1CC1)/C(=C\N)c1ccc(N2CCc3cccc(C(=O)Nc4nc5ccccc5s4)c3C2)nc1C(C)C. The summed E-state index contributed by atoms with van der Waals surface area (Å²) in [5.74, 6) is 1.72. The molecule has 1 aliphatic carbocycles. The number of benzene rings is 2. The van der Waals surface area contributed by atoms with Crippen molar-refractivity contribution in [3.63, 3.8) is 0 Å². The molecule has 1 amide bonds. The molecule has 2 aromatic carbocycles. The van der Waals surface area contributed by atoms with E-state index in [1.165, 1.54) is 29.7 Å². The van der Waals surface area contributed by atoms with Crippen LogP contribution in [-0.2, 0) is 13.0 Å². The number of aromatic nitrogens is 2. The second-order valence-electron chi connectivity index (χ2n) is 11.3. The van der Waals surface area contributed by atoms with Crippen LogP contribution in [0.2, 0.25) is 0 Å². The van der Waals surface area contributed by atoms with Crippen LogP contribution in [0.4, 0.5) is 10.9 Å². The Balaban J connectivity index is 1.26. The second-order valence-corrected chi connectivity index (χ2v) is 12.3. The Morgan fingerprint density at radius 1 is 1.12 bits per heavy atom. The van der Waals surface area contributed by atoms with Crippen LogP contribution in [0.15, 0.2) is 65.8 Å². The van der Waals surface area contributed by atoms with Gasteiger partial charge >= 0.3 is 0 Å². The molecule has 1 aliphatic heterocycles. The lowest BCUT2D eigenvalue weighted by Crippen LogP contribution is -2.33. The molecule has 0 saturated heterocycles. The summed E-state index contributed by atoms with van der Waals surface area (Å²) < 4.78 is 1.05. The minimum absolute atomic E-state index is 0.132. The topological polar surface area (TPSA) is 96.5 Å². The van der Waals surface area contributed by atoms with Gasteiger partial charge in [0, 0.05) is 48.2 Å². The number of fused-ring (bicyclic) bond motifs is 2. The standard InChI is InChI=1S/C33H36N6OS/c1-20(2)31-24(26(17-34)21(3)35-18-22-11-12-22)13-14-30(37-31)39-16-15-23-7-6-8-25(27(23)19-39)32(40)38-33-36-28-9-4-5-10-29(28)41-33/h4-10,13-14,17,20,22H,11-12,15-16,18-19,34H2,1-3H3,(H,36,38,40)/b26-17+,35-21?. The Bertz CT molecular complexity index is 1630. The molecular formula is C33H36N6OS. The quantitative estimate of drug-likeness (QED) is 0.230. The van der Waals surface area contributed by atoms with E-state index in [0.29, 0.717) is 17.2 Å². The van der Waals surface area contributed by atoms with Gasteiger partial charge in [0.25, 0.3) is 5.91 Å². The van der Waals surface area contributed by atoms with Crippen LogP contribution in [0.1, 0.15) is 72.3 Å². The highest BCUT2D eigenvalue weighted by atomic mass is 32.1. The molecule has 1 saturated carbocycles. The van der Waals surface area contributed by atoms with Crippen LogP contribution in [0.25, 0.3) is 15.8 Å². The average molecular weight is 565 g/mol. The van der Waals surface area contributed by atoms with E-state index in [-0.39, 0.29) is 11.8 Å². The maximum atomic E-state index is 13.5. The van der Waals surface area contributed by atoms with Crippen LogP contribution in [-0.4, -0.2) is 34.7 Å². The number of carbonyl (C=O) groups excluding carboxylic acids is 1. The number of aliphatic imine (C=N–C) groups is 1. The van der Waals surface area contributed by atoms with Crippen LogP contribution in [0, 0.1) is 5.92 Å². The molecule has 2 aromatic heterocycles. The highest BCUT2D eigenvalue weighted by molar-refractivity contribution is 7.22. The molecule has 210 valence electrons. The largest absolute Gasteiger partial charge is 0.404 e. The number of nitrogens with two attached hydrogens (primary N) is 1. The van der Waals surface area contributed by atoms with Crippen molar-refractivity contribution in [3.8, 4) is 0 Å². The zero-order chi connectivity index (χ0) is 28.5. The molecule has 0 bridgehead atoms. The fourth-order valence-corrected chi connectivity index (χ4v) is 6.31. The van der Waals surface area contributed by atoms with Crippen molar-refractivity contribution in [1.82, 2.24) is 9.97 Å². The van der Waals surface area contributed by atoms with E-state index in [0.717, 1.165) is 69.6 Å². The molecule has 0 spiro atoms. The van der Waals surface area contributed by atoms with E-state index in [2.05, 4.69) is 47.2 Å². The Morgan fingerprint density at radius 2 is 1.95 bits per heavy atom. The zero-order valence-electron chi connectivity index (χ0n) is 23.9. The second kappa shape index (κ2) is 11.4. The first kappa shape index (κ1) is 27.1. The van der Waals surface area contributed by atoms with Gasteiger partial charge in [-0.2, -0.15) is 0 Å². The summed E-state index contributed by atoms with van der Waals surface area (Å²) in [6, 6.07) is 18.1. The van der Waals surface area contributed by atoms with Gasteiger partial charge in [0.1, 0.15) is 5.82 Å². The maximum Gasteiger partial charge on any atom is 0.257 e. The van der Waals surface area contributed by atoms with Crippen molar-refractivity contribution in [3.05, 3.63) is 88.7 Å². The number of rotatable bonds is 8. The molecule has 41 heavy (non-hydrogen) atoms. The number of hydrogen-bond acceptors (Lipinski definition) is 7. The minimum atomic E-state index is -0.132. The smallest absolute Gasteiger partial charge is 0.257 e. The lowest BCUT2D eigenvalue weighted by Gasteiger charge is -2.32. The van der Waals surface area contributed by atoms with E-state index in [1.807, 2.05) is 43.3 Å². The number of amides is 1. The van der Waals surface area contributed by atoms with E-state index < -0.39 is 0 Å². The normalized spacial score (nSPS) is 15.9. The van der Waals surface area contributed by atoms with E-state index >= 15 is 0 Å². The average Bonchev–Trinajstić information content (AvgIpc) is 3.73. The lowest BCUT2D eigenvalue weighted by atomic mass is 9.93. The summed E-state index contributed by atoms with van der Waals surface area (Å²) >= 11 is 1.49. The number of hydrogen-bond donors (Lipinski definition) is 2. The first-order chi connectivity index (χ1) is 19.9. The monoisotopic (exact) mass is 564 g/mol. The van der Waals surface area contributed by atoms with Gasteiger partial charge in [0.05, 0.1) is 15.9 Å². The molecule has 3 N–H and O–H groups in total. The molecule has 1 fully saturated rings. The lowest BCUT2D eigenvalue weighted by molar-refractivity contribution is 0.102. The van der Waals surface area contributed by atoms with E-state index in [9.17, 15) is 4.79 Å². The number of para-hydroxylation sites is 1. The van der Waals surface area contributed by atoms with Crippen molar-refractivity contribution in [2.45, 2.75) is 52.5 Å². The van der Waals surface area contributed by atoms with Crippen molar-refractivity contribution >= 4 is 49.7 Å².